The van der Waals surface area contributed by atoms with E-state index in [9.17, 15) is 9.90 Å². The van der Waals surface area contributed by atoms with Crippen LogP contribution in [-0.2, 0) is 9.53 Å². The third-order valence-electron chi connectivity index (χ3n) is 7.30. The van der Waals surface area contributed by atoms with Crippen molar-refractivity contribution >= 4 is 5.97 Å². The van der Waals surface area contributed by atoms with Crippen LogP contribution >= 0.6 is 0 Å². The number of hydrogen-bond acceptors (Lipinski definition) is 4. The van der Waals surface area contributed by atoms with Gasteiger partial charge in [0.1, 0.15) is 5.60 Å². The van der Waals surface area contributed by atoms with Crippen LogP contribution in [0.25, 0.3) is 0 Å². The van der Waals surface area contributed by atoms with Gasteiger partial charge in [0, 0.05) is 13.0 Å². The van der Waals surface area contributed by atoms with Crippen molar-refractivity contribution < 1.29 is 14.6 Å². The molecule has 0 aromatic heterocycles. The first-order chi connectivity index (χ1) is 17.0. The molecule has 0 heterocycles. The molecule has 0 aromatic rings. The average Bonchev–Trinajstić information content (AvgIpc) is 2.82. The number of carbonyl (C=O) groups excluding carboxylic acids is 1. The molecular weight excluding hydrogens is 434 g/mol. The molecule has 0 amide bonds. The van der Waals surface area contributed by atoms with Crippen LogP contribution in [0.3, 0.4) is 0 Å². The Hall–Kier alpha value is -0.610. The van der Waals surface area contributed by atoms with E-state index in [0.29, 0.717) is 6.42 Å². The summed E-state index contributed by atoms with van der Waals surface area (Å²) in [5.74, 6) is -0.00000868. The van der Waals surface area contributed by atoms with Crippen LogP contribution in [-0.4, -0.2) is 47.8 Å². The topological polar surface area (TPSA) is 49.8 Å². The Morgan fingerprint density at radius 2 is 1.11 bits per heavy atom. The van der Waals surface area contributed by atoms with E-state index >= 15 is 0 Å². The fraction of sp³-hybridized carbons (Fsp3) is 0.968. The highest BCUT2D eigenvalue weighted by Gasteiger charge is 2.27. The van der Waals surface area contributed by atoms with Crippen molar-refractivity contribution in [3.63, 3.8) is 0 Å². The lowest BCUT2D eigenvalue weighted by Crippen LogP contribution is -2.31. The van der Waals surface area contributed by atoms with E-state index in [-0.39, 0.29) is 18.2 Å². The number of rotatable bonds is 27. The fourth-order valence-electron chi connectivity index (χ4n) is 5.09. The summed E-state index contributed by atoms with van der Waals surface area (Å²) in [4.78, 5) is 14.9. The maximum absolute atomic E-state index is 12.5. The molecule has 0 saturated heterocycles. The highest BCUT2D eigenvalue weighted by molar-refractivity contribution is 5.69. The fourth-order valence-corrected chi connectivity index (χ4v) is 5.09. The number of esters is 1. The first-order valence-electron chi connectivity index (χ1n) is 15.6. The summed E-state index contributed by atoms with van der Waals surface area (Å²) < 4.78 is 5.99. The first-order valence-corrected chi connectivity index (χ1v) is 15.6. The van der Waals surface area contributed by atoms with Gasteiger partial charge in [-0.2, -0.15) is 0 Å². The minimum Gasteiger partial charge on any atom is -0.459 e. The van der Waals surface area contributed by atoms with E-state index in [1.165, 1.54) is 96.3 Å². The number of nitrogens with zero attached hydrogens (tertiary/aromatic N) is 1. The lowest BCUT2D eigenvalue weighted by atomic mass is 9.92. The average molecular weight is 498 g/mol. The number of unbranched alkanes of at least 4 members (excludes halogenated alkanes) is 14. The van der Waals surface area contributed by atoms with Gasteiger partial charge in [-0.15, -0.1) is 0 Å². The molecule has 1 atom stereocenters. The van der Waals surface area contributed by atoms with Gasteiger partial charge in [0.05, 0.1) is 6.61 Å². The molecule has 0 aliphatic heterocycles. The van der Waals surface area contributed by atoms with Crippen molar-refractivity contribution in [2.45, 2.75) is 168 Å². The number of aliphatic hydroxyl groups is 1. The van der Waals surface area contributed by atoms with Gasteiger partial charge in [0.15, 0.2) is 0 Å². The summed E-state index contributed by atoms with van der Waals surface area (Å²) in [6.45, 7) is 12.1. The van der Waals surface area contributed by atoms with Crippen molar-refractivity contribution in [2.75, 3.05) is 26.2 Å². The molecule has 4 heteroatoms. The largest absolute Gasteiger partial charge is 0.459 e. The van der Waals surface area contributed by atoms with Crippen molar-refractivity contribution in [2.24, 2.45) is 0 Å². The van der Waals surface area contributed by atoms with Crippen LogP contribution < -0.4 is 0 Å². The zero-order chi connectivity index (χ0) is 26.0. The van der Waals surface area contributed by atoms with Crippen molar-refractivity contribution in [3.05, 3.63) is 0 Å². The van der Waals surface area contributed by atoms with Gasteiger partial charge in [0.2, 0.25) is 0 Å². The second-order valence-electron chi connectivity index (χ2n) is 11.0. The van der Waals surface area contributed by atoms with E-state index in [1.807, 2.05) is 0 Å². The van der Waals surface area contributed by atoms with Crippen molar-refractivity contribution in [1.82, 2.24) is 4.90 Å². The van der Waals surface area contributed by atoms with Gasteiger partial charge in [-0.1, -0.05) is 111 Å². The Kier molecular flexibility index (Phi) is 24.6. The standard InChI is InChI=1S/C31H63NO3/c1-5-8-10-12-16-20-25-31(4,24-7-3)35-30(34)23-19-15-14-18-22-27-32(28-29-33)26-21-17-13-11-9-6-2/h33H,5-29H2,1-4H3. The van der Waals surface area contributed by atoms with Crippen molar-refractivity contribution in [1.29, 1.82) is 0 Å². The van der Waals surface area contributed by atoms with Crippen LogP contribution in [0.5, 0.6) is 0 Å². The molecule has 0 rings (SSSR count). The molecule has 0 spiro atoms. The first kappa shape index (κ1) is 34.4. The molecule has 4 nitrogen and oxygen atoms in total. The summed E-state index contributed by atoms with van der Waals surface area (Å²) in [5.41, 5.74) is -0.275. The zero-order valence-corrected chi connectivity index (χ0v) is 24.4. The number of carbonyl (C=O) groups is 1. The summed E-state index contributed by atoms with van der Waals surface area (Å²) in [6.07, 6.45) is 24.8. The Bertz CT molecular complexity index is 457. The lowest BCUT2D eigenvalue weighted by molar-refractivity contribution is -0.159. The molecule has 1 N–H and O–H groups in total. The maximum atomic E-state index is 12.5. The van der Waals surface area contributed by atoms with Gasteiger partial charge in [-0.05, 0) is 58.5 Å². The highest BCUT2D eigenvalue weighted by atomic mass is 16.6. The smallest absolute Gasteiger partial charge is 0.306 e. The van der Waals surface area contributed by atoms with Crippen LogP contribution in [0.4, 0.5) is 0 Å². The maximum Gasteiger partial charge on any atom is 0.306 e. The summed E-state index contributed by atoms with van der Waals surface area (Å²) >= 11 is 0. The lowest BCUT2D eigenvalue weighted by Gasteiger charge is -2.29. The van der Waals surface area contributed by atoms with E-state index in [4.69, 9.17) is 4.74 Å². The van der Waals surface area contributed by atoms with E-state index in [2.05, 4.69) is 32.6 Å². The van der Waals surface area contributed by atoms with Gasteiger partial charge >= 0.3 is 5.97 Å². The molecule has 35 heavy (non-hydrogen) atoms. The monoisotopic (exact) mass is 497 g/mol. The van der Waals surface area contributed by atoms with Gasteiger partial charge < -0.3 is 14.7 Å². The molecular formula is C31H63NO3. The van der Waals surface area contributed by atoms with Crippen LogP contribution in [0, 0.1) is 0 Å². The normalized spacial score (nSPS) is 13.3. The third-order valence-corrected chi connectivity index (χ3v) is 7.30. The second-order valence-corrected chi connectivity index (χ2v) is 11.0. The van der Waals surface area contributed by atoms with E-state index < -0.39 is 0 Å². The van der Waals surface area contributed by atoms with Crippen molar-refractivity contribution in [3.8, 4) is 0 Å². The molecule has 0 aliphatic rings. The summed E-state index contributed by atoms with van der Waals surface area (Å²) in [6, 6.07) is 0. The minimum absolute atomic E-state index is 0.00000868. The van der Waals surface area contributed by atoms with Gasteiger partial charge in [-0.3, -0.25) is 4.79 Å². The molecule has 0 radical (unpaired) electrons. The molecule has 0 fully saturated rings. The molecule has 0 saturated carbocycles. The quantitative estimate of drug-likeness (QED) is 0.0909. The number of hydrogen-bond donors (Lipinski definition) is 1. The predicted octanol–water partition coefficient (Wildman–Crippen LogP) is 8.83. The van der Waals surface area contributed by atoms with E-state index in [1.54, 1.807) is 0 Å². The van der Waals surface area contributed by atoms with Gasteiger partial charge in [-0.25, -0.2) is 0 Å². The zero-order valence-electron chi connectivity index (χ0n) is 24.4. The van der Waals surface area contributed by atoms with Crippen LogP contribution in [0.2, 0.25) is 0 Å². The Labute approximate surface area is 220 Å². The summed E-state index contributed by atoms with van der Waals surface area (Å²) in [7, 11) is 0. The minimum atomic E-state index is -0.275. The second kappa shape index (κ2) is 25.1. The third kappa shape index (κ3) is 22.3. The Morgan fingerprint density at radius 3 is 1.63 bits per heavy atom. The molecule has 210 valence electrons. The molecule has 0 aliphatic carbocycles. The molecule has 0 bridgehead atoms. The SMILES string of the molecule is CCCCCCCCN(CCO)CCCCCCCC(=O)OC(C)(CCC)CCCCCCCC. The Morgan fingerprint density at radius 1 is 0.629 bits per heavy atom. The summed E-state index contributed by atoms with van der Waals surface area (Å²) in [5, 5.41) is 9.35. The van der Waals surface area contributed by atoms with Crippen LogP contribution in [0.15, 0.2) is 0 Å². The predicted molar refractivity (Wildman–Crippen MR) is 152 cm³/mol. The number of aliphatic hydroxyl groups excluding tert-OH is 1. The molecule has 0 aromatic carbocycles. The Balaban J connectivity index is 3.93. The van der Waals surface area contributed by atoms with Crippen LogP contribution in [0.1, 0.15) is 163 Å². The van der Waals surface area contributed by atoms with Gasteiger partial charge in [0.25, 0.3) is 0 Å². The number of ether oxygens (including phenoxy) is 1. The highest BCUT2D eigenvalue weighted by Crippen LogP contribution is 2.26. The van der Waals surface area contributed by atoms with E-state index in [0.717, 1.165) is 51.7 Å². The molecule has 1 unspecified atom stereocenters.